The van der Waals surface area contributed by atoms with Crippen molar-refractivity contribution in [3.63, 3.8) is 0 Å². The fourth-order valence-corrected chi connectivity index (χ4v) is 7.12. The van der Waals surface area contributed by atoms with Crippen molar-refractivity contribution in [2.75, 3.05) is 6.61 Å². The number of carbonyl (C=O) groups is 1. The summed E-state index contributed by atoms with van der Waals surface area (Å²) in [7, 11) is 0. The van der Waals surface area contributed by atoms with Crippen LogP contribution in [0, 0.1) is 0 Å². The molecule has 2 aliphatic heterocycles. The molecule has 2 unspecified atom stereocenters. The van der Waals surface area contributed by atoms with Gasteiger partial charge in [0.05, 0.1) is 5.60 Å². The summed E-state index contributed by atoms with van der Waals surface area (Å²) in [5, 5.41) is 11.7. The van der Waals surface area contributed by atoms with Crippen molar-refractivity contribution in [3.05, 3.63) is 94.5 Å². The lowest BCUT2D eigenvalue weighted by molar-refractivity contribution is -0.0891. The van der Waals surface area contributed by atoms with Crippen LogP contribution in [0.5, 0.6) is 0 Å². The van der Waals surface area contributed by atoms with E-state index >= 15 is 0 Å². The number of fused-ring (bicyclic) bond motifs is 6. The quantitative estimate of drug-likeness (QED) is 0.521. The third-order valence-electron chi connectivity index (χ3n) is 8.96. The zero-order valence-corrected chi connectivity index (χ0v) is 20.0. The third-order valence-corrected chi connectivity index (χ3v) is 8.96. The molecule has 35 heavy (non-hydrogen) atoms. The molecule has 2 saturated heterocycles. The van der Waals surface area contributed by atoms with Crippen molar-refractivity contribution >= 4 is 6.09 Å². The summed E-state index contributed by atoms with van der Waals surface area (Å²) in [6, 6.07) is 23.4. The summed E-state index contributed by atoms with van der Waals surface area (Å²) >= 11 is 0. The number of rotatable bonds is 3. The first-order chi connectivity index (χ1) is 17.1. The molecule has 1 N–H and O–H groups in total. The monoisotopic (exact) mass is 465 g/mol. The summed E-state index contributed by atoms with van der Waals surface area (Å²) < 4.78 is 6.04. The van der Waals surface area contributed by atoms with Gasteiger partial charge < -0.3 is 14.7 Å². The Morgan fingerprint density at radius 3 is 2.11 bits per heavy atom. The number of benzene rings is 3. The molecule has 0 saturated carbocycles. The second kappa shape index (κ2) is 7.96. The van der Waals surface area contributed by atoms with E-state index in [1.165, 1.54) is 33.4 Å². The second-order valence-electron chi connectivity index (χ2n) is 10.9. The molecule has 2 heterocycles. The van der Waals surface area contributed by atoms with E-state index < -0.39 is 5.60 Å². The van der Waals surface area contributed by atoms with Gasteiger partial charge >= 0.3 is 6.09 Å². The maximum Gasteiger partial charge on any atom is 0.410 e. The minimum absolute atomic E-state index is 0.0224. The highest BCUT2D eigenvalue weighted by Crippen LogP contribution is 2.47. The number of piperidine rings is 2. The van der Waals surface area contributed by atoms with Crippen LogP contribution >= 0.6 is 0 Å². The van der Waals surface area contributed by atoms with Crippen LogP contribution in [0.4, 0.5) is 4.79 Å². The van der Waals surface area contributed by atoms with Gasteiger partial charge in [0.2, 0.25) is 0 Å². The van der Waals surface area contributed by atoms with Crippen LogP contribution in [0.3, 0.4) is 0 Å². The number of hydrogen-bond donors (Lipinski definition) is 1. The van der Waals surface area contributed by atoms with Crippen LogP contribution in [0.15, 0.2) is 66.7 Å². The molecule has 4 nitrogen and oxygen atoms in total. The Hall–Kier alpha value is -3.11. The second-order valence-corrected chi connectivity index (χ2v) is 10.9. The number of aryl methyl sites for hydroxylation is 2. The minimum atomic E-state index is -0.861. The molecule has 4 heteroatoms. The molecule has 2 atom stereocenters. The molecule has 3 aromatic carbocycles. The predicted molar refractivity (Wildman–Crippen MR) is 135 cm³/mol. The van der Waals surface area contributed by atoms with E-state index in [0.29, 0.717) is 19.4 Å². The lowest BCUT2D eigenvalue weighted by Gasteiger charge is -2.51. The normalized spacial score (nSPS) is 26.4. The highest BCUT2D eigenvalue weighted by molar-refractivity contribution is 5.79. The van der Waals surface area contributed by atoms with Crippen LogP contribution in [0.2, 0.25) is 0 Å². The summed E-state index contributed by atoms with van der Waals surface area (Å²) in [6.07, 6.45) is 6.16. The van der Waals surface area contributed by atoms with Crippen molar-refractivity contribution < 1.29 is 14.6 Å². The number of carbonyl (C=O) groups excluding carboxylic acids is 1. The average Bonchev–Trinajstić information content (AvgIpc) is 3.16. The number of aliphatic hydroxyl groups is 1. The Bertz CT molecular complexity index is 1250. The first kappa shape index (κ1) is 21.2. The van der Waals surface area contributed by atoms with Crippen LogP contribution in [0.1, 0.15) is 65.8 Å². The Morgan fingerprint density at radius 1 is 0.886 bits per heavy atom. The Kier molecular flexibility index (Phi) is 4.82. The van der Waals surface area contributed by atoms with Gasteiger partial charge in [-0.25, -0.2) is 4.79 Å². The van der Waals surface area contributed by atoms with E-state index in [0.717, 1.165) is 37.7 Å². The van der Waals surface area contributed by atoms with E-state index in [4.69, 9.17) is 4.74 Å². The Labute approximate surface area is 206 Å². The molecule has 0 aromatic heterocycles. The molecular weight excluding hydrogens is 434 g/mol. The molecule has 2 fully saturated rings. The fourth-order valence-electron chi connectivity index (χ4n) is 7.12. The molecular formula is C31H31NO3. The van der Waals surface area contributed by atoms with Gasteiger partial charge in [-0.1, -0.05) is 66.7 Å². The molecule has 1 amide bonds. The third kappa shape index (κ3) is 3.34. The first-order valence-electron chi connectivity index (χ1n) is 13.1. The summed E-state index contributed by atoms with van der Waals surface area (Å²) in [5.41, 5.74) is 7.89. The van der Waals surface area contributed by atoms with Gasteiger partial charge in [0, 0.05) is 30.8 Å². The molecule has 0 spiro atoms. The Balaban J connectivity index is 1.10. The van der Waals surface area contributed by atoms with Gasteiger partial charge in [-0.15, -0.1) is 0 Å². The lowest BCUT2D eigenvalue weighted by Crippen LogP contribution is -2.59. The van der Waals surface area contributed by atoms with Gasteiger partial charge in [-0.2, -0.15) is 0 Å². The summed E-state index contributed by atoms with van der Waals surface area (Å²) in [4.78, 5) is 15.4. The summed E-state index contributed by atoms with van der Waals surface area (Å²) in [5.74, 6) is 0.0652. The molecule has 178 valence electrons. The van der Waals surface area contributed by atoms with Gasteiger partial charge in [0.15, 0.2) is 0 Å². The van der Waals surface area contributed by atoms with Crippen LogP contribution in [0.25, 0.3) is 11.1 Å². The van der Waals surface area contributed by atoms with Crippen LogP contribution < -0.4 is 0 Å². The largest absolute Gasteiger partial charge is 0.448 e. The molecule has 2 aliphatic carbocycles. The predicted octanol–water partition coefficient (Wildman–Crippen LogP) is 5.94. The van der Waals surface area contributed by atoms with Crippen LogP contribution in [-0.4, -0.2) is 34.8 Å². The molecule has 0 radical (unpaired) electrons. The molecule has 3 aromatic rings. The maximum absolute atomic E-state index is 13.5. The SMILES string of the molecule is O=C(OCC1c2ccccc2-c2ccccc21)N1C2CCCC1CC(O)(c1ccc3c(c1)CC3)C2. The van der Waals surface area contributed by atoms with E-state index in [1.54, 1.807) is 0 Å². The van der Waals surface area contributed by atoms with Gasteiger partial charge in [0.1, 0.15) is 6.61 Å². The van der Waals surface area contributed by atoms with Crippen LogP contribution in [-0.2, 0) is 23.2 Å². The number of ether oxygens (including phenoxy) is 1. The zero-order chi connectivity index (χ0) is 23.6. The van der Waals surface area contributed by atoms with Gasteiger partial charge in [0.25, 0.3) is 0 Å². The highest BCUT2D eigenvalue weighted by atomic mass is 16.6. The lowest BCUT2D eigenvalue weighted by atomic mass is 9.71. The average molecular weight is 466 g/mol. The van der Waals surface area contributed by atoms with E-state index in [9.17, 15) is 9.90 Å². The first-order valence-corrected chi connectivity index (χ1v) is 13.1. The van der Waals surface area contributed by atoms with E-state index in [-0.39, 0.29) is 24.1 Å². The number of amides is 1. The molecule has 4 aliphatic rings. The highest BCUT2D eigenvalue weighted by Gasteiger charge is 2.49. The van der Waals surface area contributed by atoms with E-state index in [1.807, 2.05) is 4.90 Å². The van der Waals surface area contributed by atoms with Crippen molar-refractivity contribution in [1.29, 1.82) is 0 Å². The van der Waals surface area contributed by atoms with Gasteiger partial charge in [-0.05, 0) is 71.0 Å². The zero-order valence-electron chi connectivity index (χ0n) is 20.0. The number of hydrogen-bond acceptors (Lipinski definition) is 3. The number of nitrogens with zero attached hydrogens (tertiary/aromatic N) is 1. The standard InChI is InChI=1S/C31H31NO3/c33-30(35-19-29-27-10-3-1-8-25(27)26-9-2-4-11-28(26)29)32-23-6-5-7-24(32)18-31(34,17-23)22-15-14-20-12-13-21(20)16-22/h1-4,8-11,14-16,23-24,29,34H,5-7,12-13,17-19H2. The summed E-state index contributed by atoms with van der Waals surface area (Å²) in [6.45, 7) is 0.345. The fraction of sp³-hybridized carbons (Fsp3) is 0.387. The topological polar surface area (TPSA) is 49.8 Å². The van der Waals surface area contributed by atoms with Crippen molar-refractivity contribution in [2.45, 2.75) is 68.5 Å². The maximum atomic E-state index is 13.5. The molecule has 7 rings (SSSR count). The Morgan fingerprint density at radius 2 is 1.51 bits per heavy atom. The van der Waals surface area contributed by atoms with Crippen molar-refractivity contribution in [2.24, 2.45) is 0 Å². The van der Waals surface area contributed by atoms with E-state index in [2.05, 4.69) is 66.7 Å². The van der Waals surface area contributed by atoms with Crippen molar-refractivity contribution in [1.82, 2.24) is 4.90 Å². The van der Waals surface area contributed by atoms with Gasteiger partial charge in [-0.3, -0.25) is 0 Å². The smallest absolute Gasteiger partial charge is 0.410 e. The molecule has 2 bridgehead atoms. The minimum Gasteiger partial charge on any atom is -0.448 e. The van der Waals surface area contributed by atoms with Crippen molar-refractivity contribution in [3.8, 4) is 11.1 Å².